The van der Waals surface area contributed by atoms with Crippen LogP contribution in [0.5, 0.6) is 5.75 Å². The molecule has 1 amide bonds. The minimum absolute atomic E-state index is 0.0735. The number of rotatable bonds is 7. The first kappa shape index (κ1) is 20.1. The van der Waals surface area contributed by atoms with Gasteiger partial charge >= 0.3 is 0 Å². The second-order valence-corrected chi connectivity index (χ2v) is 7.48. The minimum atomic E-state index is -0.0735. The highest BCUT2D eigenvalue weighted by Crippen LogP contribution is 2.26. The van der Waals surface area contributed by atoms with Crippen molar-refractivity contribution in [3.63, 3.8) is 0 Å². The molecule has 1 atom stereocenters. The van der Waals surface area contributed by atoms with Gasteiger partial charge in [-0.05, 0) is 67.9 Å². The van der Waals surface area contributed by atoms with Crippen LogP contribution < -0.4 is 10.1 Å². The Kier molecular flexibility index (Phi) is 6.39. The average Bonchev–Trinajstić information content (AvgIpc) is 3.35. The smallest absolute Gasteiger partial charge is 0.251 e. The molecule has 1 N–H and O–H groups in total. The SMILES string of the molecule is COc1ccc([C@@H](CNC(=O)c2ccc(-n3cncn3)cc2)N2CCCCC2)cc1. The van der Waals surface area contributed by atoms with Gasteiger partial charge in [-0.2, -0.15) is 5.10 Å². The Hall–Kier alpha value is -3.19. The first-order chi connectivity index (χ1) is 14.7. The number of aromatic nitrogens is 3. The molecule has 2 heterocycles. The van der Waals surface area contributed by atoms with Crippen LogP contribution in [-0.4, -0.2) is 52.3 Å². The maximum atomic E-state index is 12.8. The second-order valence-electron chi connectivity index (χ2n) is 7.48. The lowest BCUT2D eigenvalue weighted by atomic mass is 10.0. The summed E-state index contributed by atoms with van der Waals surface area (Å²) in [6.45, 7) is 2.67. The number of carbonyl (C=O) groups excluding carboxylic acids is 1. The van der Waals surface area contributed by atoms with Gasteiger partial charge in [-0.25, -0.2) is 9.67 Å². The zero-order chi connectivity index (χ0) is 20.8. The van der Waals surface area contributed by atoms with E-state index in [0.29, 0.717) is 12.1 Å². The molecule has 1 aromatic heterocycles. The van der Waals surface area contributed by atoms with Gasteiger partial charge in [0.05, 0.1) is 18.8 Å². The molecule has 7 nitrogen and oxygen atoms in total. The van der Waals surface area contributed by atoms with Gasteiger partial charge in [-0.3, -0.25) is 9.69 Å². The van der Waals surface area contributed by atoms with Gasteiger partial charge in [0, 0.05) is 12.1 Å². The van der Waals surface area contributed by atoms with E-state index in [0.717, 1.165) is 24.5 Å². The maximum Gasteiger partial charge on any atom is 0.251 e. The van der Waals surface area contributed by atoms with Crippen molar-refractivity contribution >= 4 is 5.91 Å². The molecule has 1 aliphatic rings. The first-order valence-corrected chi connectivity index (χ1v) is 10.4. The van der Waals surface area contributed by atoms with E-state index in [1.165, 1.54) is 31.2 Å². The van der Waals surface area contributed by atoms with Gasteiger partial charge in [0.1, 0.15) is 18.4 Å². The highest BCUT2D eigenvalue weighted by molar-refractivity contribution is 5.94. The number of hydrogen-bond donors (Lipinski definition) is 1. The summed E-state index contributed by atoms with van der Waals surface area (Å²) in [4.78, 5) is 19.2. The summed E-state index contributed by atoms with van der Waals surface area (Å²) in [5.41, 5.74) is 2.69. The maximum absolute atomic E-state index is 12.8. The molecule has 1 fully saturated rings. The van der Waals surface area contributed by atoms with Crippen molar-refractivity contribution in [3.8, 4) is 11.4 Å². The van der Waals surface area contributed by atoms with Crippen molar-refractivity contribution in [1.29, 1.82) is 0 Å². The molecule has 30 heavy (non-hydrogen) atoms. The van der Waals surface area contributed by atoms with E-state index in [-0.39, 0.29) is 11.9 Å². The fourth-order valence-electron chi connectivity index (χ4n) is 3.91. The Balaban J connectivity index is 1.45. The molecular weight excluding hydrogens is 378 g/mol. The number of carbonyl (C=O) groups is 1. The van der Waals surface area contributed by atoms with Gasteiger partial charge in [0.2, 0.25) is 0 Å². The zero-order valence-corrected chi connectivity index (χ0v) is 17.2. The number of amides is 1. The second kappa shape index (κ2) is 9.54. The fraction of sp³-hybridized carbons (Fsp3) is 0.348. The number of likely N-dealkylation sites (tertiary alicyclic amines) is 1. The molecule has 4 rings (SSSR count). The predicted octanol–water partition coefficient (Wildman–Crippen LogP) is 3.23. The number of hydrogen-bond acceptors (Lipinski definition) is 5. The summed E-state index contributed by atoms with van der Waals surface area (Å²) in [6, 6.07) is 15.7. The van der Waals surface area contributed by atoms with Crippen LogP contribution in [0, 0.1) is 0 Å². The Morgan fingerprint density at radius 3 is 2.43 bits per heavy atom. The molecule has 2 aromatic carbocycles. The summed E-state index contributed by atoms with van der Waals surface area (Å²) in [7, 11) is 1.67. The van der Waals surface area contributed by atoms with E-state index in [9.17, 15) is 4.79 Å². The molecule has 3 aromatic rings. The van der Waals surface area contributed by atoms with Gasteiger partial charge in [-0.15, -0.1) is 0 Å². The highest BCUT2D eigenvalue weighted by Gasteiger charge is 2.23. The predicted molar refractivity (Wildman–Crippen MR) is 115 cm³/mol. The van der Waals surface area contributed by atoms with E-state index >= 15 is 0 Å². The molecule has 156 valence electrons. The van der Waals surface area contributed by atoms with Gasteiger partial charge < -0.3 is 10.1 Å². The van der Waals surface area contributed by atoms with Gasteiger partial charge in [0.15, 0.2) is 0 Å². The van der Waals surface area contributed by atoms with E-state index in [2.05, 4.69) is 32.4 Å². The molecule has 0 spiro atoms. The molecule has 1 aliphatic heterocycles. The lowest BCUT2D eigenvalue weighted by Crippen LogP contribution is -2.40. The molecule has 0 bridgehead atoms. The summed E-state index contributed by atoms with van der Waals surface area (Å²) >= 11 is 0. The van der Waals surface area contributed by atoms with Gasteiger partial charge in [-0.1, -0.05) is 18.6 Å². The van der Waals surface area contributed by atoms with Crippen molar-refractivity contribution in [2.45, 2.75) is 25.3 Å². The number of piperidine rings is 1. The summed E-state index contributed by atoms with van der Waals surface area (Å²) in [6.07, 6.45) is 6.79. The third kappa shape index (κ3) is 4.68. The van der Waals surface area contributed by atoms with Crippen molar-refractivity contribution in [1.82, 2.24) is 25.0 Å². The van der Waals surface area contributed by atoms with Crippen molar-refractivity contribution < 1.29 is 9.53 Å². The fourth-order valence-corrected chi connectivity index (χ4v) is 3.91. The highest BCUT2D eigenvalue weighted by atomic mass is 16.5. The lowest BCUT2D eigenvalue weighted by molar-refractivity contribution is 0.0924. The summed E-state index contributed by atoms with van der Waals surface area (Å²) in [5.74, 6) is 0.767. The van der Waals surface area contributed by atoms with Crippen LogP contribution in [0.25, 0.3) is 5.69 Å². The molecule has 7 heteroatoms. The van der Waals surface area contributed by atoms with Gasteiger partial charge in [0.25, 0.3) is 5.91 Å². The molecule has 0 radical (unpaired) electrons. The number of ether oxygens (including phenoxy) is 1. The number of benzene rings is 2. The third-order valence-corrected chi connectivity index (χ3v) is 5.60. The Labute approximate surface area is 176 Å². The monoisotopic (exact) mass is 405 g/mol. The molecule has 0 saturated carbocycles. The minimum Gasteiger partial charge on any atom is -0.497 e. The number of methoxy groups -OCH3 is 1. The topological polar surface area (TPSA) is 72.3 Å². The Morgan fingerprint density at radius 2 is 1.80 bits per heavy atom. The van der Waals surface area contributed by atoms with Crippen molar-refractivity contribution in [3.05, 3.63) is 72.3 Å². The van der Waals surface area contributed by atoms with E-state index in [1.54, 1.807) is 18.1 Å². The normalized spacial score (nSPS) is 15.5. The van der Waals surface area contributed by atoms with Crippen LogP contribution in [0.15, 0.2) is 61.2 Å². The first-order valence-electron chi connectivity index (χ1n) is 10.4. The standard InChI is InChI=1S/C23H27N5O2/c1-30-21-11-7-18(8-12-21)22(27-13-3-2-4-14-27)15-25-23(29)19-5-9-20(10-6-19)28-17-24-16-26-28/h5-12,16-17,22H,2-4,13-15H2,1H3,(H,25,29)/t22-/m1/s1. The van der Waals surface area contributed by atoms with Crippen LogP contribution in [0.3, 0.4) is 0 Å². The van der Waals surface area contributed by atoms with E-state index in [1.807, 2.05) is 36.4 Å². The van der Waals surface area contributed by atoms with E-state index in [4.69, 9.17) is 4.74 Å². The number of nitrogens with zero attached hydrogens (tertiary/aromatic N) is 4. The van der Waals surface area contributed by atoms with Crippen molar-refractivity contribution in [2.75, 3.05) is 26.7 Å². The van der Waals surface area contributed by atoms with Crippen LogP contribution in [0.2, 0.25) is 0 Å². The van der Waals surface area contributed by atoms with E-state index < -0.39 is 0 Å². The molecule has 0 unspecified atom stereocenters. The van der Waals surface area contributed by atoms with Crippen LogP contribution in [-0.2, 0) is 0 Å². The zero-order valence-electron chi connectivity index (χ0n) is 17.2. The molecule has 1 saturated heterocycles. The molecule has 0 aliphatic carbocycles. The van der Waals surface area contributed by atoms with Crippen LogP contribution in [0.1, 0.15) is 41.2 Å². The number of nitrogens with one attached hydrogen (secondary N) is 1. The van der Waals surface area contributed by atoms with Crippen molar-refractivity contribution in [2.24, 2.45) is 0 Å². The summed E-state index contributed by atoms with van der Waals surface area (Å²) in [5, 5.41) is 7.24. The van der Waals surface area contributed by atoms with Crippen LogP contribution in [0.4, 0.5) is 0 Å². The largest absolute Gasteiger partial charge is 0.497 e. The quantitative estimate of drug-likeness (QED) is 0.653. The lowest BCUT2D eigenvalue weighted by Gasteiger charge is -2.35. The third-order valence-electron chi connectivity index (χ3n) is 5.60. The Morgan fingerprint density at radius 1 is 1.07 bits per heavy atom. The van der Waals surface area contributed by atoms with Crippen LogP contribution >= 0.6 is 0 Å². The molecular formula is C23H27N5O2. The average molecular weight is 406 g/mol. The Bertz CT molecular complexity index is 933. The summed E-state index contributed by atoms with van der Waals surface area (Å²) < 4.78 is 6.96.